The maximum absolute atomic E-state index is 11.1. The van der Waals surface area contributed by atoms with E-state index in [9.17, 15) is 9.90 Å². The van der Waals surface area contributed by atoms with Crippen LogP contribution in [0.25, 0.3) is 0 Å². The van der Waals surface area contributed by atoms with E-state index in [0.717, 1.165) is 7.11 Å². The van der Waals surface area contributed by atoms with Crippen LogP contribution in [-0.4, -0.2) is 18.2 Å². The normalized spacial score (nSPS) is 14.3. The molecule has 0 spiro atoms. The highest BCUT2D eigenvalue weighted by Gasteiger charge is 2.08. The van der Waals surface area contributed by atoms with Gasteiger partial charge in [0.1, 0.15) is 11.3 Å². The summed E-state index contributed by atoms with van der Waals surface area (Å²) < 4.78 is 33.4. The summed E-state index contributed by atoms with van der Waals surface area (Å²) in [4.78, 5) is 11.1. The van der Waals surface area contributed by atoms with Gasteiger partial charge in [-0.25, -0.2) is 4.79 Å². The first-order valence-corrected chi connectivity index (χ1v) is 2.79. The molecule has 3 heteroatoms. The molecule has 0 aromatic heterocycles. The molecule has 0 unspecified atom stereocenters. The molecule has 1 aromatic rings. The van der Waals surface area contributed by atoms with Crippen molar-refractivity contribution in [2.24, 2.45) is 0 Å². The van der Waals surface area contributed by atoms with Crippen LogP contribution in [0.5, 0.6) is 5.75 Å². The maximum atomic E-state index is 11.1. The third kappa shape index (κ3) is 1.49. The molecule has 58 valence electrons. The van der Waals surface area contributed by atoms with Crippen molar-refractivity contribution in [2.75, 3.05) is 7.11 Å². The second-order valence-electron chi connectivity index (χ2n) is 1.72. The zero-order valence-electron chi connectivity index (χ0n) is 9.76. The fourth-order valence-electron chi connectivity index (χ4n) is 0.556. The molecule has 3 nitrogen and oxygen atoms in total. The number of rotatable bonds is 1. The molecule has 0 amide bonds. The van der Waals surface area contributed by atoms with Crippen molar-refractivity contribution in [3.63, 3.8) is 0 Å². The van der Waals surface area contributed by atoms with Crippen molar-refractivity contribution in [1.29, 1.82) is 0 Å². The first-order chi connectivity index (χ1) is 6.91. The molecule has 0 aliphatic rings. The van der Waals surface area contributed by atoms with Crippen LogP contribution in [0.15, 0.2) is 24.2 Å². The van der Waals surface area contributed by atoms with E-state index in [1.54, 1.807) is 0 Å². The standard InChI is InChI=1S/C8H8O3/c1-11-8(10)6-4-2-3-5-7(6)9/h2-5,9H,1H3/i2D,3D,4D,5D. The molecule has 0 bridgehead atoms. The molecule has 0 radical (unpaired) electrons. The van der Waals surface area contributed by atoms with Gasteiger partial charge in [-0.15, -0.1) is 0 Å². The van der Waals surface area contributed by atoms with E-state index >= 15 is 0 Å². The Hall–Kier alpha value is -1.51. The van der Waals surface area contributed by atoms with Crippen molar-refractivity contribution in [3.8, 4) is 5.75 Å². The molecule has 0 heterocycles. The summed E-state index contributed by atoms with van der Waals surface area (Å²) in [5.74, 6) is -1.80. The van der Waals surface area contributed by atoms with E-state index in [2.05, 4.69) is 4.74 Å². The van der Waals surface area contributed by atoms with Gasteiger partial charge in [-0.2, -0.15) is 0 Å². The van der Waals surface area contributed by atoms with Crippen molar-refractivity contribution >= 4 is 5.97 Å². The number of benzene rings is 1. The van der Waals surface area contributed by atoms with Gasteiger partial charge in [-0.1, -0.05) is 12.1 Å². The first-order valence-electron chi connectivity index (χ1n) is 4.79. The average molecular weight is 156 g/mol. The highest BCUT2D eigenvalue weighted by Crippen LogP contribution is 2.15. The predicted octanol–water partition coefficient (Wildman–Crippen LogP) is 1.18. The van der Waals surface area contributed by atoms with Crippen LogP contribution >= 0.6 is 0 Å². The Balaban J connectivity index is 3.60. The van der Waals surface area contributed by atoms with Gasteiger partial charge in [0.2, 0.25) is 0 Å². The van der Waals surface area contributed by atoms with Crippen LogP contribution in [0, 0.1) is 0 Å². The third-order valence-electron chi connectivity index (χ3n) is 1.06. The number of hydrogen-bond acceptors (Lipinski definition) is 3. The number of methoxy groups -OCH3 is 1. The van der Waals surface area contributed by atoms with Gasteiger partial charge in [0.25, 0.3) is 0 Å². The minimum absolute atomic E-state index is 0.552. The molecule has 0 aliphatic carbocycles. The number of aromatic hydroxyl groups is 1. The van der Waals surface area contributed by atoms with Gasteiger partial charge < -0.3 is 9.84 Å². The van der Waals surface area contributed by atoms with Crippen molar-refractivity contribution in [1.82, 2.24) is 0 Å². The second kappa shape index (κ2) is 3.05. The Bertz CT molecular complexity index is 401. The van der Waals surface area contributed by atoms with E-state index in [0.29, 0.717) is 0 Å². The molecule has 1 N–H and O–H groups in total. The zero-order valence-corrected chi connectivity index (χ0v) is 5.76. The number of esters is 1. The van der Waals surface area contributed by atoms with Crippen molar-refractivity contribution in [2.45, 2.75) is 0 Å². The Morgan fingerprint density at radius 2 is 2.27 bits per heavy atom. The molecule has 0 saturated heterocycles. The summed E-state index contributed by atoms with van der Waals surface area (Å²) in [6, 6.07) is -2.44. The summed E-state index contributed by atoms with van der Waals surface area (Å²) >= 11 is 0. The SMILES string of the molecule is [2H]c1c([2H])c([2H])c(C(=O)OC)c(O)c1[2H]. The molecule has 1 aromatic carbocycles. The van der Waals surface area contributed by atoms with Crippen LogP contribution in [0.3, 0.4) is 0 Å². The number of phenols is 1. The average Bonchev–Trinajstić information content (AvgIpc) is 2.23. The lowest BCUT2D eigenvalue weighted by molar-refractivity contribution is 0.0597. The second-order valence-corrected chi connectivity index (χ2v) is 1.72. The van der Waals surface area contributed by atoms with Gasteiger partial charge in [0.15, 0.2) is 0 Å². The predicted molar refractivity (Wildman–Crippen MR) is 39.4 cm³/mol. The quantitative estimate of drug-likeness (QED) is 0.621. The summed E-state index contributed by atoms with van der Waals surface area (Å²) in [5, 5.41) is 9.37. The lowest BCUT2D eigenvalue weighted by atomic mass is 10.2. The minimum atomic E-state index is -1.00. The van der Waals surface area contributed by atoms with Gasteiger partial charge >= 0.3 is 5.97 Å². The number of phenolic OH excluding ortho intramolecular Hbond substituents is 1. The van der Waals surface area contributed by atoms with Gasteiger partial charge in [-0.3, -0.25) is 0 Å². The molecular weight excluding hydrogens is 144 g/mol. The highest BCUT2D eigenvalue weighted by atomic mass is 16.5. The zero-order chi connectivity index (χ0) is 11.7. The summed E-state index contributed by atoms with van der Waals surface area (Å²) in [5.41, 5.74) is -0.552. The van der Waals surface area contributed by atoms with E-state index in [-0.39, 0.29) is 0 Å². The molecule has 11 heavy (non-hydrogen) atoms. The van der Waals surface area contributed by atoms with Crippen molar-refractivity contribution < 1.29 is 20.1 Å². The molecule has 1 rings (SSSR count). The Labute approximate surface area is 69.9 Å². The highest BCUT2D eigenvalue weighted by molar-refractivity contribution is 5.92. The van der Waals surface area contributed by atoms with Crippen molar-refractivity contribution in [3.05, 3.63) is 29.7 Å². The van der Waals surface area contributed by atoms with Crippen LogP contribution in [0.2, 0.25) is 0 Å². The number of para-hydroxylation sites is 1. The smallest absolute Gasteiger partial charge is 0.341 e. The molecule has 0 atom stereocenters. The van der Waals surface area contributed by atoms with Crippen LogP contribution in [0.1, 0.15) is 15.8 Å². The molecular formula is C8H8O3. The number of ether oxygens (including phenoxy) is 1. The monoisotopic (exact) mass is 156 g/mol. The topological polar surface area (TPSA) is 46.5 Å². The van der Waals surface area contributed by atoms with Gasteiger partial charge in [0.05, 0.1) is 12.6 Å². The largest absolute Gasteiger partial charge is 0.507 e. The van der Waals surface area contributed by atoms with E-state index < -0.39 is 41.5 Å². The lowest BCUT2D eigenvalue weighted by Gasteiger charge is -1.99. The Morgan fingerprint density at radius 1 is 1.64 bits per heavy atom. The maximum Gasteiger partial charge on any atom is 0.341 e. The summed E-state index contributed by atoms with van der Waals surface area (Å²) in [7, 11) is 1.06. The number of carbonyl (C=O) groups is 1. The fraction of sp³-hybridized carbons (Fsp3) is 0.125. The van der Waals surface area contributed by atoms with Gasteiger partial charge in [0, 0.05) is 0 Å². The van der Waals surface area contributed by atoms with E-state index in [4.69, 9.17) is 5.48 Å². The van der Waals surface area contributed by atoms with Crippen LogP contribution < -0.4 is 0 Å². The van der Waals surface area contributed by atoms with E-state index in [1.165, 1.54) is 0 Å². The number of carbonyl (C=O) groups excluding carboxylic acids is 1. The van der Waals surface area contributed by atoms with Gasteiger partial charge in [-0.05, 0) is 12.1 Å². The molecule has 0 aliphatic heterocycles. The van der Waals surface area contributed by atoms with E-state index in [1.807, 2.05) is 0 Å². The lowest BCUT2D eigenvalue weighted by Crippen LogP contribution is -2.00. The number of hydrogen-bond donors (Lipinski definition) is 1. The van der Waals surface area contributed by atoms with Crippen LogP contribution in [-0.2, 0) is 4.74 Å². The third-order valence-corrected chi connectivity index (χ3v) is 1.06. The summed E-state index contributed by atoms with van der Waals surface area (Å²) in [6.07, 6.45) is 0. The Kier molecular flexibility index (Phi) is 1.04. The van der Waals surface area contributed by atoms with Crippen LogP contribution in [0.4, 0.5) is 0 Å². The summed E-state index contributed by atoms with van der Waals surface area (Å²) in [6.45, 7) is 0. The molecule has 0 fully saturated rings. The minimum Gasteiger partial charge on any atom is -0.507 e. The first kappa shape index (κ1) is 3.76. The fourth-order valence-corrected chi connectivity index (χ4v) is 0.556. The Morgan fingerprint density at radius 3 is 2.91 bits per heavy atom. The molecule has 0 saturated carbocycles.